The van der Waals surface area contributed by atoms with Gasteiger partial charge in [0.05, 0.1) is 17.1 Å². The van der Waals surface area contributed by atoms with E-state index in [1.807, 2.05) is 38.1 Å². The summed E-state index contributed by atoms with van der Waals surface area (Å²) in [5, 5.41) is 2.71. The Hall–Kier alpha value is -1.07. The van der Waals surface area contributed by atoms with E-state index in [2.05, 4.69) is 5.32 Å². The smallest absolute Gasteiger partial charge is 0.154 e. The molecule has 1 unspecified atom stereocenters. The van der Waals surface area contributed by atoms with E-state index in [1.54, 1.807) is 20.9 Å². The van der Waals surface area contributed by atoms with Crippen molar-refractivity contribution in [2.24, 2.45) is 0 Å². The molecule has 1 aromatic rings. The third-order valence-corrected chi connectivity index (χ3v) is 5.35. The zero-order valence-corrected chi connectivity index (χ0v) is 13.7. The molecule has 0 aliphatic carbocycles. The SMILES string of the molecule is CNC(CS(=O)(=O)C(C)C)c1ccc(OC(C)C)cc1. The van der Waals surface area contributed by atoms with E-state index in [4.69, 9.17) is 4.74 Å². The fourth-order valence-corrected chi connectivity index (χ4v) is 3.03. The Morgan fingerprint density at radius 3 is 2.05 bits per heavy atom. The predicted octanol–water partition coefficient (Wildman–Crippen LogP) is 2.56. The van der Waals surface area contributed by atoms with Crippen LogP contribution in [0.2, 0.25) is 0 Å². The molecule has 5 heteroatoms. The average Bonchev–Trinajstić information content (AvgIpc) is 2.36. The molecule has 0 aromatic heterocycles. The van der Waals surface area contributed by atoms with Crippen LogP contribution in [0.5, 0.6) is 5.75 Å². The normalized spacial score (nSPS) is 13.8. The van der Waals surface area contributed by atoms with Gasteiger partial charge in [-0.15, -0.1) is 0 Å². The van der Waals surface area contributed by atoms with Gasteiger partial charge in [0.25, 0.3) is 0 Å². The first-order valence-corrected chi connectivity index (χ1v) is 8.63. The van der Waals surface area contributed by atoms with Crippen LogP contribution in [0.3, 0.4) is 0 Å². The van der Waals surface area contributed by atoms with Gasteiger partial charge in [-0.3, -0.25) is 0 Å². The Labute approximate surface area is 122 Å². The minimum atomic E-state index is -3.08. The molecule has 0 aliphatic rings. The van der Waals surface area contributed by atoms with E-state index in [-0.39, 0.29) is 23.1 Å². The van der Waals surface area contributed by atoms with Crippen LogP contribution in [0.1, 0.15) is 39.3 Å². The van der Waals surface area contributed by atoms with Gasteiger partial charge in [-0.2, -0.15) is 0 Å². The predicted molar refractivity (Wildman–Crippen MR) is 82.9 cm³/mol. The van der Waals surface area contributed by atoms with E-state index < -0.39 is 9.84 Å². The molecule has 0 radical (unpaired) electrons. The van der Waals surface area contributed by atoms with E-state index in [9.17, 15) is 8.42 Å². The third-order valence-electron chi connectivity index (χ3n) is 3.12. The Bertz CT molecular complexity index is 506. The number of nitrogens with one attached hydrogen (secondary N) is 1. The van der Waals surface area contributed by atoms with Gasteiger partial charge in [0.15, 0.2) is 9.84 Å². The molecule has 1 aromatic carbocycles. The first-order valence-electron chi connectivity index (χ1n) is 6.91. The van der Waals surface area contributed by atoms with Gasteiger partial charge in [0.2, 0.25) is 0 Å². The maximum atomic E-state index is 12.0. The second-order valence-corrected chi connectivity index (χ2v) is 8.06. The fourth-order valence-electron chi connectivity index (χ4n) is 1.82. The summed E-state index contributed by atoms with van der Waals surface area (Å²) in [5.74, 6) is 0.899. The van der Waals surface area contributed by atoms with Crippen LogP contribution in [0.25, 0.3) is 0 Å². The Kier molecular flexibility index (Phi) is 6.02. The van der Waals surface area contributed by atoms with Crippen molar-refractivity contribution >= 4 is 9.84 Å². The van der Waals surface area contributed by atoms with Crippen molar-refractivity contribution in [3.63, 3.8) is 0 Å². The largest absolute Gasteiger partial charge is 0.491 e. The van der Waals surface area contributed by atoms with E-state index in [0.717, 1.165) is 11.3 Å². The first-order chi connectivity index (χ1) is 9.26. The van der Waals surface area contributed by atoms with Crippen LogP contribution in [0, 0.1) is 0 Å². The maximum absolute atomic E-state index is 12.0. The highest BCUT2D eigenvalue weighted by molar-refractivity contribution is 7.92. The highest BCUT2D eigenvalue weighted by Gasteiger charge is 2.22. The molecule has 0 saturated carbocycles. The average molecular weight is 299 g/mol. The minimum absolute atomic E-state index is 0.103. The summed E-state index contributed by atoms with van der Waals surface area (Å²) < 4.78 is 29.6. The van der Waals surface area contributed by atoms with Crippen molar-refractivity contribution in [1.29, 1.82) is 0 Å². The van der Waals surface area contributed by atoms with Gasteiger partial charge >= 0.3 is 0 Å². The Morgan fingerprint density at radius 1 is 1.10 bits per heavy atom. The maximum Gasteiger partial charge on any atom is 0.154 e. The lowest BCUT2D eigenvalue weighted by atomic mass is 10.1. The number of hydrogen-bond donors (Lipinski definition) is 1. The standard InChI is InChI=1S/C15H25NO3S/c1-11(2)19-14-8-6-13(7-9-14)15(16-5)10-20(17,18)12(3)4/h6-9,11-12,15-16H,10H2,1-5H3. The molecular weight excluding hydrogens is 274 g/mol. The lowest BCUT2D eigenvalue weighted by molar-refractivity contribution is 0.242. The number of benzene rings is 1. The van der Waals surface area contributed by atoms with E-state index in [0.29, 0.717) is 0 Å². The van der Waals surface area contributed by atoms with Crippen molar-refractivity contribution in [2.75, 3.05) is 12.8 Å². The zero-order chi connectivity index (χ0) is 15.3. The summed E-state index contributed by atoms with van der Waals surface area (Å²) in [6.45, 7) is 7.36. The van der Waals surface area contributed by atoms with Crippen molar-refractivity contribution < 1.29 is 13.2 Å². The summed E-state index contributed by atoms with van der Waals surface area (Å²) in [6.07, 6.45) is 0.127. The molecule has 0 bridgehead atoms. The van der Waals surface area contributed by atoms with Crippen molar-refractivity contribution in [3.05, 3.63) is 29.8 Å². The lowest BCUT2D eigenvalue weighted by Crippen LogP contribution is -2.29. The molecular formula is C15H25NO3S. The van der Waals surface area contributed by atoms with Gasteiger partial charge in [0.1, 0.15) is 5.75 Å². The van der Waals surface area contributed by atoms with Crippen molar-refractivity contribution in [2.45, 2.75) is 45.1 Å². The molecule has 0 aliphatic heterocycles. The van der Waals surface area contributed by atoms with Gasteiger partial charge in [-0.05, 0) is 52.4 Å². The topological polar surface area (TPSA) is 55.4 Å². The summed E-state index contributed by atoms with van der Waals surface area (Å²) in [5.41, 5.74) is 0.952. The lowest BCUT2D eigenvalue weighted by Gasteiger charge is -2.19. The number of hydrogen-bond acceptors (Lipinski definition) is 4. The molecule has 0 heterocycles. The third kappa shape index (κ3) is 4.80. The fraction of sp³-hybridized carbons (Fsp3) is 0.600. The quantitative estimate of drug-likeness (QED) is 0.840. The molecule has 0 spiro atoms. The van der Waals surface area contributed by atoms with Crippen molar-refractivity contribution in [1.82, 2.24) is 5.32 Å². The summed E-state index contributed by atoms with van der Waals surface area (Å²) in [6, 6.07) is 7.38. The second kappa shape index (κ2) is 7.09. The molecule has 0 saturated heterocycles. The highest BCUT2D eigenvalue weighted by atomic mass is 32.2. The van der Waals surface area contributed by atoms with Crippen LogP contribution < -0.4 is 10.1 Å². The zero-order valence-electron chi connectivity index (χ0n) is 12.9. The minimum Gasteiger partial charge on any atom is -0.491 e. The van der Waals surface area contributed by atoms with Crippen LogP contribution >= 0.6 is 0 Å². The molecule has 1 atom stereocenters. The highest BCUT2D eigenvalue weighted by Crippen LogP contribution is 2.21. The summed E-state index contributed by atoms with van der Waals surface area (Å²) >= 11 is 0. The summed E-state index contributed by atoms with van der Waals surface area (Å²) in [4.78, 5) is 0. The Balaban J connectivity index is 2.86. The van der Waals surface area contributed by atoms with Crippen LogP contribution in [-0.4, -0.2) is 32.6 Å². The number of ether oxygens (including phenoxy) is 1. The van der Waals surface area contributed by atoms with Gasteiger partial charge in [0, 0.05) is 6.04 Å². The molecule has 1 rings (SSSR count). The summed E-state index contributed by atoms with van der Waals surface area (Å²) in [7, 11) is -1.30. The van der Waals surface area contributed by atoms with Crippen LogP contribution in [0.15, 0.2) is 24.3 Å². The van der Waals surface area contributed by atoms with Crippen LogP contribution in [-0.2, 0) is 9.84 Å². The molecule has 0 amide bonds. The van der Waals surface area contributed by atoms with Crippen LogP contribution in [0.4, 0.5) is 0 Å². The number of sulfone groups is 1. The monoisotopic (exact) mass is 299 g/mol. The van der Waals surface area contributed by atoms with Crippen molar-refractivity contribution in [3.8, 4) is 5.75 Å². The first kappa shape index (κ1) is 17.0. The second-order valence-electron chi connectivity index (χ2n) is 5.46. The molecule has 4 nitrogen and oxygen atoms in total. The molecule has 1 N–H and O–H groups in total. The Morgan fingerprint density at radius 2 is 1.65 bits per heavy atom. The van der Waals surface area contributed by atoms with Gasteiger partial charge in [-0.1, -0.05) is 12.1 Å². The van der Waals surface area contributed by atoms with Gasteiger partial charge < -0.3 is 10.1 Å². The van der Waals surface area contributed by atoms with Gasteiger partial charge in [-0.25, -0.2) is 8.42 Å². The number of rotatable bonds is 7. The van der Waals surface area contributed by atoms with E-state index >= 15 is 0 Å². The molecule has 114 valence electrons. The van der Waals surface area contributed by atoms with E-state index in [1.165, 1.54) is 0 Å². The molecule has 0 fully saturated rings. The molecule has 20 heavy (non-hydrogen) atoms.